The summed E-state index contributed by atoms with van der Waals surface area (Å²) in [5.74, 6) is -0.0550. The van der Waals surface area contributed by atoms with Crippen LogP contribution >= 0.6 is 11.3 Å². The monoisotopic (exact) mass is 218 g/mol. The number of aromatic nitrogens is 2. The molecule has 0 saturated carbocycles. The van der Waals surface area contributed by atoms with Crippen molar-refractivity contribution in [1.82, 2.24) is 9.97 Å². The summed E-state index contributed by atoms with van der Waals surface area (Å²) in [6, 6.07) is 3.75. The summed E-state index contributed by atoms with van der Waals surface area (Å²) in [4.78, 5) is 21.8. The lowest BCUT2D eigenvalue weighted by atomic mass is 10.2. The van der Waals surface area contributed by atoms with Crippen molar-refractivity contribution in [2.75, 3.05) is 0 Å². The van der Waals surface area contributed by atoms with Gasteiger partial charge in [-0.3, -0.25) is 9.78 Å². The van der Waals surface area contributed by atoms with Gasteiger partial charge in [-0.15, -0.1) is 11.3 Å². The molecule has 2 rings (SSSR count). The van der Waals surface area contributed by atoms with E-state index < -0.39 is 0 Å². The average molecular weight is 218 g/mol. The summed E-state index contributed by atoms with van der Waals surface area (Å²) in [6.07, 6.45) is 3.13. The normalized spacial score (nSPS) is 10.3. The van der Waals surface area contributed by atoms with Gasteiger partial charge in [-0.2, -0.15) is 0 Å². The van der Waals surface area contributed by atoms with Crippen molar-refractivity contribution in [3.05, 3.63) is 45.7 Å². The molecule has 0 aliphatic rings. The predicted octanol–water partition coefficient (Wildman–Crippen LogP) is 2.39. The molecular formula is C11H10N2OS. The van der Waals surface area contributed by atoms with E-state index in [-0.39, 0.29) is 5.78 Å². The first-order valence-corrected chi connectivity index (χ1v) is 5.38. The van der Waals surface area contributed by atoms with E-state index in [2.05, 4.69) is 9.97 Å². The fraction of sp³-hybridized carbons (Fsp3) is 0.182. The van der Waals surface area contributed by atoms with Gasteiger partial charge in [0, 0.05) is 11.1 Å². The van der Waals surface area contributed by atoms with Crippen LogP contribution in [0.4, 0.5) is 0 Å². The molecule has 0 radical (unpaired) electrons. The molecule has 76 valence electrons. The first kappa shape index (κ1) is 9.98. The Bertz CT molecular complexity index is 488. The van der Waals surface area contributed by atoms with Crippen molar-refractivity contribution < 1.29 is 4.79 Å². The van der Waals surface area contributed by atoms with Crippen molar-refractivity contribution in [2.24, 2.45) is 0 Å². The highest BCUT2D eigenvalue weighted by molar-refractivity contribution is 7.14. The molecule has 15 heavy (non-hydrogen) atoms. The van der Waals surface area contributed by atoms with Crippen LogP contribution in [0.3, 0.4) is 0 Å². The Labute approximate surface area is 91.8 Å². The Morgan fingerprint density at radius 2 is 2.00 bits per heavy atom. The lowest BCUT2D eigenvalue weighted by Gasteiger charge is -1.96. The van der Waals surface area contributed by atoms with Gasteiger partial charge >= 0.3 is 0 Å². The van der Waals surface area contributed by atoms with Crippen LogP contribution in [0.1, 0.15) is 25.9 Å². The largest absolute Gasteiger partial charge is 0.286 e. The Morgan fingerprint density at radius 1 is 1.20 bits per heavy atom. The maximum atomic E-state index is 11.9. The molecule has 0 aromatic carbocycles. The topological polar surface area (TPSA) is 42.9 Å². The summed E-state index contributed by atoms with van der Waals surface area (Å²) in [5.41, 5.74) is 1.22. The highest BCUT2D eigenvalue weighted by Gasteiger charge is 2.12. The number of thiophene rings is 1. The maximum absolute atomic E-state index is 11.9. The Morgan fingerprint density at radius 3 is 2.53 bits per heavy atom. The van der Waals surface area contributed by atoms with Gasteiger partial charge in [-0.1, -0.05) is 0 Å². The van der Waals surface area contributed by atoms with Crippen LogP contribution in [0.15, 0.2) is 24.5 Å². The second-order valence-corrected chi connectivity index (χ2v) is 4.57. The fourth-order valence-corrected chi connectivity index (χ4v) is 2.01. The van der Waals surface area contributed by atoms with Crippen molar-refractivity contribution in [3.8, 4) is 0 Å². The zero-order chi connectivity index (χ0) is 10.8. The molecule has 2 heterocycles. The molecule has 2 aromatic rings. The molecular weight excluding hydrogens is 208 g/mol. The van der Waals surface area contributed by atoms with Gasteiger partial charge < -0.3 is 0 Å². The van der Waals surface area contributed by atoms with E-state index in [9.17, 15) is 4.79 Å². The van der Waals surface area contributed by atoms with Crippen molar-refractivity contribution in [1.29, 1.82) is 0 Å². The number of ketones is 1. The number of carbonyl (C=O) groups is 1. The molecule has 0 aliphatic carbocycles. The molecule has 0 atom stereocenters. The first-order valence-electron chi connectivity index (χ1n) is 4.56. The zero-order valence-electron chi connectivity index (χ0n) is 8.52. The van der Waals surface area contributed by atoms with Gasteiger partial charge in [-0.25, -0.2) is 4.98 Å². The van der Waals surface area contributed by atoms with Crippen LogP contribution in [-0.4, -0.2) is 15.8 Å². The van der Waals surface area contributed by atoms with Gasteiger partial charge in [0.05, 0.1) is 16.8 Å². The van der Waals surface area contributed by atoms with Gasteiger partial charge in [0.25, 0.3) is 0 Å². The molecule has 0 N–H and O–H groups in total. The van der Waals surface area contributed by atoms with E-state index in [1.165, 1.54) is 17.5 Å². The molecule has 0 fully saturated rings. The molecule has 4 heteroatoms. The second-order valence-electron chi connectivity index (χ2n) is 3.28. The van der Waals surface area contributed by atoms with E-state index in [0.29, 0.717) is 10.6 Å². The van der Waals surface area contributed by atoms with Crippen LogP contribution in [0, 0.1) is 13.8 Å². The fourth-order valence-electron chi connectivity index (χ4n) is 1.19. The summed E-state index contributed by atoms with van der Waals surface area (Å²) < 4.78 is 0. The third-order valence-corrected chi connectivity index (χ3v) is 2.98. The minimum Gasteiger partial charge on any atom is -0.286 e. The Kier molecular flexibility index (Phi) is 2.60. The maximum Gasteiger partial charge on any atom is 0.222 e. The summed E-state index contributed by atoms with van der Waals surface area (Å²) in [5, 5.41) is 0. The molecule has 0 unspecified atom stereocenters. The first-order chi connectivity index (χ1) is 7.16. The van der Waals surface area contributed by atoms with E-state index in [1.54, 1.807) is 6.20 Å². The van der Waals surface area contributed by atoms with Gasteiger partial charge in [0.2, 0.25) is 5.78 Å². The number of carbonyl (C=O) groups excluding carboxylic acids is 1. The van der Waals surface area contributed by atoms with E-state index >= 15 is 0 Å². The molecule has 3 nitrogen and oxygen atoms in total. The van der Waals surface area contributed by atoms with Crippen molar-refractivity contribution in [3.63, 3.8) is 0 Å². The van der Waals surface area contributed by atoms with Crippen molar-refractivity contribution in [2.45, 2.75) is 13.8 Å². The minimum atomic E-state index is -0.0550. The van der Waals surface area contributed by atoms with Crippen LogP contribution < -0.4 is 0 Å². The van der Waals surface area contributed by atoms with Gasteiger partial charge in [0.1, 0.15) is 5.69 Å². The van der Waals surface area contributed by atoms with E-state index in [4.69, 9.17) is 0 Å². The standard InChI is InChI=1S/C11H10N2OS/c1-7-5-13-9(6-12-7)11(14)10-4-3-8(2)15-10/h3-6H,1-2H3. The van der Waals surface area contributed by atoms with Crippen molar-refractivity contribution >= 4 is 17.1 Å². The van der Waals surface area contributed by atoms with Gasteiger partial charge in [-0.05, 0) is 26.0 Å². The molecule has 0 spiro atoms. The summed E-state index contributed by atoms with van der Waals surface area (Å²) >= 11 is 1.48. The average Bonchev–Trinajstić information content (AvgIpc) is 2.65. The smallest absolute Gasteiger partial charge is 0.222 e. The third kappa shape index (κ3) is 2.10. The molecule has 0 amide bonds. The quantitative estimate of drug-likeness (QED) is 0.727. The minimum absolute atomic E-state index is 0.0550. The lowest BCUT2D eigenvalue weighted by molar-refractivity contribution is 0.103. The predicted molar refractivity (Wildman–Crippen MR) is 59.3 cm³/mol. The zero-order valence-corrected chi connectivity index (χ0v) is 9.34. The van der Waals surface area contributed by atoms with E-state index in [0.717, 1.165) is 10.6 Å². The number of aryl methyl sites for hydroxylation is 2. The van der Waals surface area contributed by atoms with Gasteiger partial charge in [0.15, 0.2) is 0 Å². The summed E-state index contributed by atoms with van der Waals surface area (Å²) in [6.45, 7) is 3.82. The molecule has 2 aromatic heterocycles. The van der Waals surface area contributed by atoms with Crippen LogP contribution in [0.2, 0.25) is 0 Å². The SMILES string of the molecule is Cc1cnc(C(=O)c2ccc(C)s2)cn1. The molecule has 0 saturated heterocycles. The number of hydrogen-bond acceptors (Lipinski definition) is 4. The summed E-state index contributed by atoms with van der Waals surface area (Å²) in [7, 11) is 0. The van der Waals surface area contributed by atoms with E-state index in [1.807, 2.05) is 26.0 Å². The third-order valence-electron chi connectivity index (χ3n) is 1.98. The number of hydrogen-bond donors (Lipinski definition) is 0. The number of rotatable bonds is 2. The second kappa shape index (κ2) is 3.90. The van der Waals surface area contributed by atoms with Crippen LogP contribution in [0.5, 0.6) is 0 Å². The van der Waals surface area contributed by atoms with Crippen LogP contribution in [0.25, 0.3) is 0 Å². The highest BCUT2D eigenvalue weighted by atomic mass is 32.1. The lowest BCUT2D eigenvalue weighted by Crippen LogP contribution is -2.02. The van der Waals surface area contributed by atoms with Crippen LogP contribution in [-0.2, 0) is 0 Å². The molecule has 0 aliphatic heterocycles. The highest BCUT2D eigenvalue weighted by Crippen LogP contribution is 2.17. The Hall–Kier alpha value is -1.55. The molecule has 0 bridgehead atoms. The Balaban J connectivity index is 2.32. The number of nitrogens with zero attached hydrogens (tertiary/aromatic N) is 2.